The zero-order valence-corrected chi connectivity index (χ0v) is 11.6. The van der Waals surface area contributed by atoms with Crippen LogP contribution in [0.4, 0.5) is 0 Å². The van der Waals surface area contributed by atoms with Crippen LogP contribution >= 0.6 is 0 Å². The van der Waals surface area contributed by atoms with Gasteiger partial charge in [0, 0.05) is 13.0 Å². The quantitative estimate of drug-likeness (QED) is 0.776. The third-order valence-electron chi connectivity index (χ3n) is 3.69. The second kappa shape index (κ2) is 5.85. The van der Waals surface area contributed by atoms with E-state index in [1.807, 2.05) is 0 Å². The summed E-state index contributed by atoms with van der Waals surface area (Å²) in [7, 11) is 0. The molecule has 1 aliphatic rings. The Kier molecular flexibility index (Phi) is 4.99. The lowest BCUT2D eigenvalue weighted by molar-refractivity contribution is -0.123. The van der Waals surface area contributed by atoms with Crippen LogP contribution in [0.5, 0.6) is 0 Å². The van der Waals surface area contributed by atoms with Crippen molar-refractivity contribution in [1.82, 2.24) is 5.32 Å². The summed E-state index contributed by atoms with van der Waals surface area (Å²) in [6.07, 6.45) is 7.19. The molecular weight excluding hydrogens is 212 g/mol. The molecule has 100 valence electrons. The minimum Gasteiger partial charge on any atom is -0.349 e. The predicted molar refractivity (Wildman–Crippen MR) is 71.7 cm³/mol. The van der Waals surface area contributed by atoms with E-state index >= 15 is 0 Å². The van der Waals surface area contributed by atoms with Crippen LogP contribution in [0, 0.1) is 5.41 Å². The first kappa shape index (κ1) is 14.5. The van der Waals surface area contributed by atoms with Crippen LogP contribution in [0.25, 0.3) is 0 Å². The molecule has 0 aromatic heterocycles. The summed E-state index contributed by atoms with van der Waals surface area (Å²) in [5.41, 5.74) is 6.03. The second-order valence-electron chi connectivity index (χ2n) is 6.65. The molecule has 0 aromatic rings. The summed E-state index contributed by atoms with van der Waals surface area (Å²) in [6.45, 7) is 7.22. The Labute approximate surface area is 106 Å². The standard InChI is InChI=1S/C14H28N2O/c1-13(2,3)8-6-7-12(17)16-14(11-15)9-4-5-10-14/h4-11,15H2,1-3H3,(H,16,17). The number of nitrogens with one attached hydrogen (secondary N) is 1. The van der Waals surface area contributed by atoms with Crippen molar-refractivity contribution in [2.75, 3.05) is 6.54 Å². The first-order valence-corrected chi connectivity index (χ1v) is 6.88. The molecule has 0 bridgehead atoms. The molecular formula is C14H28N2O. The maximum atomic E-state index is 11.9. The number of rotatable bonds is 5. The number of amides is 1. The molecule has 3 N–H and O–H groups in total. The molecule has 0 aliphatic heterocycles. The van der Waals surface area contributed by atoms with E-state index in [1.165, 1.54) is 12.8 Å². The Balaban J connectivity index is 2.29. The lowest BCUT2D eigenvalue weighted by Gasteiger charge is -2.29. The van der Waals surface area contributed by atoms with Crippen LogP contribution in [-0.2, 0) is 4.79 Å². The zero-order valence-electron chi connectivity index (χ0n) is 11.6. The topological polar surface area (TPSA) is 55.1 Å². The van der Waals surface area contributed by atoms with E-state index in [4.69, 9.17) is 5.73 Å². The van der Waals surface area contributed by atoms with Crippen molar-refractivity contribution in [3.63, 3.8) is 0 Å². The third kappa shape index (κ3) is 5.07. The molecule has 0 heterocycles. The van der Waals surface area contributed by atoms with E-state index in [2.05, 4.69) is 26.1 Å². The van der Waals surface area contributed by atoms with Gasteiger partial charge in [0.25, 0.3) is 0 Å². The molecule has 17 heavy (non-hydrogen) atoms. The molecule has 1 saturated carbocycles. The highest BCUT2D eigenvalue weighted by molar-refractivity contribution is 5.76. The SMILES string of the molecule is CC(C)(C)CCCC(=O)NC1(CN)CCCC1. The average molecular weight is 240 g/mol. The summed E-state index contributed by atoms with van der Waals surface area (Å²) >= 11 is 0. The average Bonchev–Trinajstić information content (AvgIpc) is 2.65. The molecule has 0 atom stereocenters. The summed E-state index contributed by atoms with van der Waals surface area (Å²) < 4.78 is 0. The van der Waals surface area contributed by atoms with E-state index in [9.17, 15) is 4.79 Å². The molecule has 0 unspecified atom stereocenters. The van der Waals surface area contributed by atoms with Gasteiger partial charge in [-0.1, -0.05) is 33.6 Å². The van der Waals surface area contributed by atoms with Gasteiger partial charge in [-0.15, -0.1) is 0 Å². The first-order chi connectivity index (χ1) is 7.87. The van der Waals surface area contributed by atoms with Crippen molar-refractivity contribution in [2.24, 2.45) is 11.1 Å². The Morgan fingerprint density at radius 3 is 2.35 bits per heavy atom. The Morgan fingerprint density at radius 1 is 1.29 bits per heavy atom. The predicted octanol–water partition coefficient (Wildman–Crippen LogP) is 2.59. The fourth-order valence-electron chi connectivity index (χ4n) is 2.57. The molecule has 3 nitrogen and oxygen atoms in total. The van der Waals surface area contributed by atoms with Gasteiger partial charge in [-0.3, -0.25) is 4.79 Å². The Morgan fingerprint density at radius 2 is 1.88 bits per heavy atom. The summed E-state index contributed by atoms with van der Waals surface area (Å²) in [5, 5.41) is 3.16. The largest absolute Gasteiger partial charge is 0.349 e. The molecule has 0 radical (unpaired) electrons. The minimum atomic E-state index is -0.0845. The van der Waals surface area contributed by atoms with Crippen LogP contribution in [0.3, 0.4) is 0 Å². The number of hydrogen-bond donors (Lipinski definition) is 2. The molecule has 0 aromatic carbocycles. The van der Waals surface area contributed by atoms with Crippen molar-refractivity contribution in [3.8, 4) is 0 Å². The lowest BCUT2D eigenvalue weighted by Crippen LogP contribution is -2.51. The van der Waals surface area contributed by atoms with Crippen LogP contribution < -0.4 is 11.1 Å². The normalized spacial score (nSPS) is 19.3. The molecule has 3 heteroatoms. The highest BCUT2D eigenvalue weighted by Crippen LogP contribution is 2.29. The van der Waals surface area contributed by atoms with Crippen LogP contribution in [0.2, 0.25) is 0 Å². The van der Waals surface area contributed by atoms with Crippen molar-refractivity contribution in [3.05, 3.63) is 0 Å². The summed E-state index contributed by atoms with van der Waals surface area (Å²) in [5.74, 6) is 0.182. The van der Waals surface area contributed by atoms with Gasteiger partial charge in [-0.2, -0.15) is 0 Å². The molecule has 0 saturated heterocycles. The minimum absolute atomic E-state index is 0.0845. The fourth-order valence-corrected chi connectivity index (χ4v) is 2.57. The van der Waals surface area contributed by atoms with E-state index in [0.29, 0.717) is 18.4 Å². The van der Waals surface area contributed by atoms with Crippen LogP contribution in [0.1, 0.15) is 65.7 Å². The van der Waals surface area contributed by atoms with E-state index < -0.39 is 0 Å². The van der Waals surface area contributed by atoms with Gasteiger partial charge in [-0.25, -0.2) is 0 Å². The van der Waals surface area contributed by atoms with Crippen LogP contribution in [-0.4, -0.2) is 18.0 Å². The van der Waals surface area contributed by atoms with Crippen molar-refractivity contribution in [1.29, 1.82) is 0 Å². The van der Waals surface area contributed by atoms with Crippen molar-refractivity contribution < 1.29 is 4.79 Å². The maximum absolute atomic E-state index is 11.9. The number of carbonyl (C=O) groups is 1. The monoisotopic (exact) mass is 240 g/mol. The fraction of sp³-hybridized carbons (Fsp3) is 0.929. The van der Waals surface area contributed by atoms with Crippen molar-refractivity contribution >= 4 is 5.91 Å². The highest BCUT2D eigenvalue weighted by atomic mass is 16.1. The van der Waals surface area contributed by atoms with E-state index in [1.54, 1.807) is 0 Å². The second-order valence-corrected chi connectivity index (χ2v) is 6.65. The van der Waals surface area contributed by atoms with Gasteiger partial charge in [-0.05, 0) is 31.1 Å². The smallest absolute Gasteiger partial charge is 0.220 e. The zero-order chi connectivity index (χ0) is 12.9. The van der Waals surface area contributed by atoms with Gasteiger partial charge in [0.1, 0.15) is 0 Å². The Hall–Kier alpha value is -0.570. The van der Waals surface area contributed by atoms with Gasteiger partial charge >= 0.3 is 0 Å². The summed E-state index contributed by atoms with van der Waals surface area (Å²) in [6, 6.07) is 0. The maximum Gasteiger partial charge on any atom is 0.220 e. The van der Waals surface area contributed by atoms with Gasteiger partial charge < -0.3 is 11.1 Å². The van der Waals surface area contributed by atoms with Gasteiger partial charge in [0.05, 0.1) is 5.54 Å². The van der Waals surface area contributed by atoms with E-state index in [0.717, 1.165) is 25.7 Å². The molecule has 1 amide bonds. The summed E-state index contributed by atoms with van der Waals surface area (Å²) in [4.78, 5) is 11.9. The Bertz CT molecular complexity index is 249. The van der Waals surface area contributed by atoms with Crippen LogP contribution in [0.15, 0.2) is 0 Å². The number of carbonyl (C=O) groups excluding carboxylic acids is 1. The molecule has 1 aliphatic carbocycles. The first-order valence-electron chi connectivity index (χ1n) is 6.88. The number of hydrogen-bond acceptors (Lipinski definition) is 2. The lowest BCUT2D eigenvalue weighted by atomic mass is 9.89. The number of nitrogens with two attached hydrogens (primary N) is 1. The molecule has 1 fully saturated rings. The van der Waals surface area contributed by atoms with E-state index in [-0.39, 0.29) is 11.4 Å². The van der Waals surface area contributed by atoms with Crippen molar-refractivity contribution in [2.45, 2.75) is 71.3 Å². The van der Waals surface area contributed by atoms with Gasteiger partial charge in [0.2, 0.25) is 5.91 Å². The molecule has 0 spiro atoms. The molecule has 1 rings (SSSR count). The third-order valence-corrected chi connectivity index (χ3v) is 3.69. The van der Waals surface area contributed by atoms with Gasteiger partial charge in [0.15, 0.2) is 0 Å². The highest BCUT2D eigenvalue weighted by Gasteiger charge is 2.33.